The zero-order valence-corrected chi connectivity index (χ0v) is 32.2. The van der Waals surface area contributed by atoms with Crippen molar-refractivity contribution in [2.75, 3.05) is 7.05 Å². The molecule has 3 aromatic heterocycles. The van der Waals surface area contributed by atoms with Crippen molar-refractivity contribution < 1.29 is 34.5 Å². The third-order valence-corrected chi connectivity index (χ3v) is 10.7. The molecule has 6 N–H and O–H groups in total. The molecule has 0 atom stereocenters. The highest BCUT2D eigenvalue weighted by atomic mass is 16.4. The summed E-state index contributed by atoms with van der Waals surface area (Å²) in [4.78, 5) is 65.7. The van der Waals surface area contributed by atoms with Crippen molar-refractivity contribution >= 4 is 70.2 Å². The lowest BCUT2D eigenvalue weighted by atomic mass is 10.0. The summed E-state index contributed by atoms with van der Waals surface area (Å²) in [6, 6.07) is 34.6. The Morgan fingerprint density at radius 1 is 0.393 bits per heavy atom. The number of hydrogen-bond acceptors (Lipinski definition) is 6. The van der Waals surface area contributed by atoms with Crippen LogP contribution in [0.2, 0.25) is 0 Å². The standard InChI is InChI=1S/C49H33N5O7/c1-50-46(55)30-10-2-26(3-11-30)42-34-18-20-36(51-34)43(27-4-12-31(13-5-27)47(56)57)38-22-24-40(53-38)45(29-8-16-33(17-9-29)49(60)61)41-25-23-39(54-41)44(37-21-19-35(42)52-37)28-6-14-32(15-7-28)48(58)59/h2-25,51,54H,1H3,(H,50,55)(H,56,57)(H,58,59)(H,60,61). The number of rotatable bonds is 8. The number of carbonyl (C=O) groups is 4. The van der Waals surface area contributed by atoms with Crippen molar-refractivity contribution in [3.63, 3.8) is 0 Å². The van der Waals surface area contributed by atoms with Gasteiger partial charge in [0.25, 0.3) is 5.91 Å². The Hall–Kier alpha value is -8.64. The maximum absolute atomic E-state index is 12.5. The molecule has 0 saturated heterocycles. The summed E-state index contributed by atoms with van der Waals surface area (Å²) < 4.78 is 0. The van der Waals surface area contributed by atoms with Crippen LogP contribution in [-0.4, -0.2) is 66.1 Å². The van der Waals surface area contributed by atoms with Gasteiger partial charge < -0.3 is 30.6 Å². The number of nitrogens with zero attached hydrogens (tertiary/aromatic N) is 2. The van der Waals surface area contributed by atoms with Gasteiger partial charge in [0.1, 0.15) is 0 Å². The minimum Gasteiger partial charge on any atom is -0.478 e. The number of hydrogen-bond donors (Lipinski definition) is 6. The van der Waals surface area contributed by atoms with E-state index in [1.165, 1.54) is 12.1 Å². The Morgan fingerprint density at radius 3 is 0.869 bits per heavy atom. The summed E-state index contributed by atoms with van der Waals surface area (Å²) in [5.41, 5.74) is 11.6. The summed E-state index contributed by atoms with van der Waals surface area (Å²) in [6.07, 6.45) is 7.58. The number of aromatic carboxylic acids is 3. The lowest BCUT2D eigenvalue weighted by Gasteiger charge is -2.08. The fraction of sp³-hybridized carbons (Fsp3) is 0.0204. The number of carbonyl (C=O) groups excluding carboxylic acids is 1. The van der Waals surface area contributed by atoms with Crippen LogP contribution in [0, 0.1) is 0 Å². The molecule has 8 bridgehead atoms. The van der Waals surface area contributed by atoms with Gasteiger partial charge in [-0.15, -0.1) is 0 Å². The SMILES string of the molecule is CNC(=O)c1ccc(-c2c3nc(c(-c4ccc(C(=O)O)cc4)c4ccc([nH]4)c(-c4ccc(C(=O)O)cc4)c4nc(c(-c5ccc(C(=O)O)cc5)c5ccc2[nH]5)C=C4)C=C3)cc1. The average molecular weight is 804 g/mol. The Morgan fingerprint density at radius 2 is 0.639 bits per heavy atom. The second kappa shape index (κ2) is 15.3. The topological polar surface area (TPSA) is 198 Å². The number of amides is 1. The van der Waals surface area contributed by atoms with Gasteiger partial charge in [0, 0.05) is 56.9 Å². The fourth-order valence-electron chi connectivity index (χ4n) is 7.69. The summed E-state index contributed by atoms with van der Waals surface area (Å²) >= 11 is 0. The Bertz CT molecular complexity index is 3140. The highest BCUT2D eigenvalue weighted by Crippen LogP contribution is 2.38. The van der Waals surface area contributed by atoms with Gasteiger partial charge in [0.15, 0.2) is 0 Å². The van der Waals surface area contributed by atoms with E-state index in [0.717, 1.165) is 11.1 Å². The van der Waals surface area contributed by atoms with Gasteiger partial charge in [-0.1, -0.05) is 48.5 Å². The number of aromatic amines is 2. The molecule has 0 aliphatic carbocycles. The van der Waals surface area contributed by atoms with Crippen LogP contribution in [0.4, 0.5) is 0 Å². The van der Waals surface area contributed by atoms with Gasteiger partial charge >= 0.3 is 17.9 Å². The van der Waals surface area contributed by atoms with Crippen LogP contribution >= 0.6 is 0 Å². The second-order valence-corrected chi connectivity index (χ2v) is 14.3. The first-order valence-electron chi connectivity index (χ1n) is 19.1. The van der Waals surface area contributed by atoms with Gasteiger partial charge in [0.05, 0.1) is 39.5 Å². The van der Waals surface area contributed by atoms with Crippen molar-refractivity contribution in [3.8, 4) is 44.5 Å². The van der Waals surface area contributed by atoms with E-state index >= 15 is 0 Å². The number of nitrogens with one attached hydrogen (secondary N) is 3. The third kappa shape index (κ3) is 7.04. The Kier molecular flexibility index (Phi) is 9.49. The van der Waals surface area contributed by atoms with Crippen LogP contribution in [0.15, 0.2) is 121 Å². The summed E-state index contributed by atoms with van der Waals surface area (Å²) in [5, 5.41) is 31.8. The molecule has 0 radical (unpaired) electrons. The number of H-pyrrole nitrogens is 2. The van der Waals surface area contributed by atoms with Crippen molar-refractivity contribution in [1.82, 2.24) is 25.3 Å². The zero-order chi connectivity index (χ0) is 42.4. The van der Waals surface area contributed by atoms with Crippen molar-refractivity contribution in [2.24, 2.45) is 0 Å². The predicted octanol–water partition coefficient (Wildman–Crippen LogP) is 9.78. The summed E-state index contributed by atoms with van der Waals surface area (Å²) in [6.45, 7) is 0. The molecular weight excluding hydrogens is 771 g/mol. The third-order valence-electron chi connectivity index (χ3n) is 10.7. The number of benzene rings is 4. The molecule has 12 nitrogen and oxygen atoms in total. The monoisotopic (exact) mass is 803 g/mol. The minimum atomic E-state index is -1.06. The van der Waals surface area contributed by atoms with E-state index in [9.17, 15) is 34.5 Å². The van der Waals surface area contributed by atoms with E-state index < -0.39 is 17.9 Å². The highest BCUT2D eigenvalue weighted by Gasteiger charge is 2.20. The predicted molar refractivity (Wildman–Crippen MR) is 235 cm³/mol. The molecule has 0 unspecified atom stereocenters. The molecule has 0 fully saturated rings. The first kappa shape index (κ1) is 37.9. The van der Waals surface area contributed by atoms with E-state index in [2.05, 4.69) is 15.3 Å². The largest absolute Gasteiger partial charge is 0.478 e. The smallest absolute Gasteiger partial charge is 0.335 e. The number of aromatic nitrogens is 4. The normalized spacial score (nSPS) is 11.7. The first-order valence-corrected chi connectivity index (χ1v) is 19.1. The van der Waals surface area contributed by atoms with Crippen LogP contribution in [0.5, 0.6) is 0 Å². The molecule has 0 saturated carbocycles. The molecule has 7 aromatic rings. The zero-order valence-electron chi connectivity index (χ0n) is 32.2. The first-order chi connectivity index (χ1) is 29.6. The minimum absolute atomic E-state index is 0.126. The van der Waals surface area contributed by atoms with E-state index in [0.29, 0.717) is 83.8 Å². The molecule has 2 aliphatic heterocycles. The summed E-state index contributed by atoms with van der Waals surface area (Å²) in [7, 11) is 1.57. The molecule has 61 heavy (non-hydrogen) atoms. The lowest BCUT2D eigenvalue weighted by molar-refractivity contribution is 0.0686. The quantitative estimate of drug-likeness (QED) is 0.0866. The average Bonchev–Trinajstić information content (AvgIpc) is 4.12. The van der Waals surface area contributed by atoms with Crippen LogP contribution < -0.4 is 5.32 Å². The highest BCUT2D eigenvalue weighted by molar-refractivity contribution is 6.01. The molecule has 9 rings (SSSR count). The van der Waals surface area contributed by atoms with E-state index in [1.807, 2.05) is 60.7 Å². The molecule has 5 heterocycles. The van der Waals surface area contributed by atoms with Gasteiger partial charge in [-0.3, -0.25) is 4.79 Å². The van der Waals surface area contributed by atoms with Crippen molar-refractivity contribution in [1.29, 1.82) is 0 Å². The Labute approximate surface area is 346 Å². The molecular formula is C49H33N5O7. The van der Waals surface area contributed by atoms with E-state index in [-0.39, 0.29) is 22.6 Å². The van der Waals surface area contributed by atoms with Gasteiger partial charge in [-0.05, 0) is 119 Å². The summed E-state index contributed by atoms with van der Waals surface area (Å²) in [5.74, 6) is -3.38. The maximum atomic E-state index is 12.5. The Balaban J connectivity index is 1.42. The van der Waals surface area contributed by atoms with Crippen LogP contribution in [0.1, 0.15) is 64.2 Å². The van der Waals surface area contributed by atoms with E-state index in [1.54, 1.807) is 79.8 Å². The molecule has 2 aliphatic rings. The van der Waals surface area contributed by atoms with Gasteiger partial charge in [-0.2, -0.15) is 0 Å². The van der Waals surface area contributed by atoms with Gasteiger partial charge in [-0.25, -0.2) is 24.4 Å². The van der Waals surface area contributed by atoms with Crippen molar-refractivity contribution in [3.05, 3.63) is 166 Å². The molecule has 296 valence electrons. The molecule has 0 spiro atoms. The van der Waals surface area contributed by atoms with Gasteiger partial charge in [0.2, 0.25) is 0 Å². The number of carboxylic acids is 3. The second-order valence-electron chi connectivity index (χ2n) is 14.3. The van der Waals surface area contributed by atoms with Crippen LogP contribution in [0.3, 0.4) is 0 Å². The molecule has 4 aromatic carbocycles. The molecule has 1 amide bonds. The number of fused-ring (bicyclic) bond motifs is 8. The fourth-order valence-corrected chi connectivity index (χ4v) is 7.69. The van der Waals surface area contributed by atoms with E-state index in [4.69, 9.17) is 9.97 Å². The molecule has 12 heteroatoms. The van der Waals surface area contributed by atoms with Crippen molar-refractivity contribution in [2.45, 2.75) is 0 Å². The van der Waals surface area contributed by atoms with Crippen LogP contribution in [0.25, 0.3) is 90.9 Å². The maximum Gasteiger partial charge on any atom is 0.335 e. The number of carboxylic acid groups (broad SMARTS) is 3. The lowest BCUT2D eigenvalue weighted by Crippen LogP contribution is -2.17. The van der Waals surface area contributed by atoms with Crippen LogP contribution in [-0.2, 0) is 0 Å².